The summed E-state index contributed by atoms with van der Waals surface area (Å²) in [6, 6.07) is 8.34. The van der Waals surface area contributed by atoms with Crippen LogP contribution in [0.15, 0.2) is 40.9 Å². The highest BCUT2D eigenvalue weighted by Gasteiger charge is 2.18. The Morgan fingerprint density at radius 1 is 1.14 bits per heavy atom. The number of nitrogens with two attached hydrogens (primary N) is 1. The van der Waals surface area contributed by atoms with Crippen LogP contribution in [0.25, 0.3) is 0 Å². The maximum Gasteiger partial charge on any atom is 0.261 e. The van der Waals surface area contributed by atoms with E-state index < -0.39 is 23.1 Å². The molecular formula is C14H9BrF2N2OS. The molecule has 7 heteroatoms. The van der Waals surface area contributed by atoms with Crippen molar-refractivity contribution in [1.29, 1.82) is 0 Å². The molecule has 0 saturated carbocycles. The minimum absolute atomic E-state index is 0.217. The third kappa shape index (κ3) is 3.62. The van der Waals surface area contributed by atoms with Crippen LogP contribution >= 0.6 is 28.1 Å². The van der Waals surface area contributed by atoms with Crippen molar-refractivity contribution >= 4 is 44.7 Å². The quantitative estimate of drug-likeness (QED) is 0.811. The first kappa shape index (κ1) is 15.5. The van der Waals surface area contributed by atoms with E-state index in [4.69, 9.17) is 18.0 Å². The van der Waals surface area contributed by atoms with Gasteiger partial charge in [-0.05, 0) is 36.4 Å². The van der Waals surface area contributed by atoms with Gasteiger partial charge in [0.15, 0.2) is 0 Å². The molecule has 3 N–H and O–H groups in total. The van der Waals surface area contributed by atoms with Gasteiger partial charge in [-0.2, -0.15) is 0 Å². The standard InChI is InChI=1S/C14H9BrF2N2OS/c15-8-5-10(16)12(11(17)6-8)14(20)19-9-3-1-7(2-4-9)13(18)21/h1-6H,(H2,18,21)(H,19,20). The first-order valence-electron chi connectivity index (χ1n) is 5.74. The Kier molecular flexibility index (Phi) is 4.64. The minimum atomic E-state index is -0.945. The van der Waals surface area contributed by atoms with Crippen LogP contribution < -0.4 is 11.1 Å². The molecule has 0 unspecified atom stereocenters. The van der Waals surface area contributed by atoms with E-state index >= 15 is 0 Å². The molecular weight excluding hydrogens is 362 g/mol. The second-order valence-electron chi connectivity index (χ2n) is 4.14. The summed E-state index contributed by atoms with van der Waals surface area (Å²) in [5.41, 5.74) is 5.81. The Labute approximate surface area is 133 Å². The number of benzene rings is 2. The number of hydrogen-bond donors (Lipinski definition) is 2. The van der Waals surface area contributed by atoms with Gasteiger partial charge in [0, 0.05) is 15.7 Å². The molecule has 0 spiro atoms. The van der Waals surface area contributed by atoms with Gasteiger partial charge in [-0.15, -0.1) is 0 Å². The first-order valence-corrected chi connectivity index (χ1v) is 6.94. The van der Waals surface area contributed by atoms with Crippen LogP contribution in [-0.4, -0.2) is 10.9 Å². The van der Waals surface area contributed by atoms with Gasteiger partial charge in [0.1, 0.15) is 22.2 Å². The van der Waals surface area contributed by atoms with Crippen molar-refractivity contribution in [1.82, 2.24) is 0 Å². The van der Waals surface area contributed by atoms with Gasteiger partial charge in [-0.1, -0.05) is 28.1 Å². The van der Waals surface area contributed by atoms with Crippen LogP contribution in [-0.2, 0) is 0 Å². The largest absolute Gasteiger partial charge is 0.389 e. The molecule has 0 saturated heterocycles. The predicted octanol–water partition coefficient (Wildman–Crippen LogP) is 3.61. The average Bonchev–Trinajstić information content (AvgIpc) is 2.37. The Balaban J connectivity index is 2.24. The monoisotopic (exact) mass is 370 g/mol. The van der Waals surface area contributed by atoms with Crippen molar-refractivity contribution in [3.05, 3.63) is 63.6 Å². The molecule has 0 aliphatic heterocycles. The van der Waals surface area contributed by atoms with E-state index in [1.165, 1.54) is 0 Å². The van der Waals surface area contributed by atoms with E-state index in [9.17, 15) is 13.6 Å². The lowest BCUT2D eigenvalue weighted by atomic mass is 10.1. The Morgan fingerprint density at radius 3 is 2.14 bits per heavy atom. The molecule has 108 valence electrons. The summed E-state index contributed by atoms with van der Waals surface area (Å²) in [5, 5.41) is 2.41. The molecule has 3 nitrogen and oxygen atoms in total. The molecule has 0 radical (unpaired) electrons. The van der Waals surface area contributed by atoms with Crippen LogP contribution in [0.5, 0.6) is 0 Å². The fraction of sp³-hybridized carbons (Fsp3) is 0. The number of thiocarbonyl (C=S) groups is 1. The zero-order valence-electron chi connectivity index (χ0n) is 10.5. The third-order valence-electron chi connectivity index (χ3n) is 2.66. The number of nitrogens with one attached hydrogen (secondary N) is 1. The molecule has 0 bridgehead atoms. The van der Waals surface area contributed by atoms with Gasteiger partial charge in [-0.3, -0.25) is 4.79 Å². The number of halogens is 3. The maximum atomic E-state index is 13.7. The van der Waals surface area contributed by atoms with E-state index in [1.54, 1.807) is 24.3 Å². The number of hydrogen-bond acceptors (Lipinski definition) is 2. The molecule has 0 atom stereocenters. The fourth-order valence-electron chi connectivity index (χ4n) is 1.67. The van der Waals surface area contributed by atoms with Crippen LogP contribution in [0.3, 0.4) is 0 Å². The maximum absolute atomic E-state index is 13.7. The SMILES string of the molecule is NC(=S)c1ccc(NC(=O)c2c(F)cc(Br)cc2F)cc1. The lowest BCUT2D eigenvalue weighted by Gasteiger charge is -2.08. The van der Waals surface area contributed by atoms with Crippen molar-refractivity contribution in [2.45, 2.75) is 0 Å². The number of rotatable bonds is 3. The summed E-state index contributed by atoms with van der Waals surface area (Å²) in [7, 11) is 0. The van der Waals surface area contributed by atoms with E-state index in [1.807, 2.05) is 0 Å². The van der Waals surface area contributed by atoms with Crippen molar-refractivity contribution in [3.63, 3.8) is 0 Å². The van der Waals surface area contributed by atoms with Gasteiger partial charge >= 0.3 is 0 Å². The van der Waals surface area contributed by atoms with Crippen molar-refractivity contribution in [2.75, 3.05) is 5.32 Å². The van der Waals surface area contributed by atoms with Gasteiger partial charge in [0.25, 0.3) is 5.91 Å². The zero-order valence-corrected chi connectivity index (χ0v) is 12.9. The van der Waals surface area contributed by atoms with Crippen molar-refractivity contribution < 1.29 is 13.6 Å². The van der Waals surface area contributed by atoms with E-state index in [0.717, 1.165) is 12.1 Å². The molecule has 0 fully saturated rings. The number of carbonyl (C=O) groups is 1. The second kappa shape index (κ2) is 6.28. The molecule has 1 amide bonds. The summed E-state index contributed by atoms with van der Waals surface area (Å²) >= 11 is 7.75. The van der Waals surface area contributed by atoms with E-state index in [0.29, 0.717) is 11.3 Å². The second-order valence-corrected chi connectivity index (χ2v) is 5.50. The Bertz CT molecular complexity index is 696. The highest BCUT2D eigenvalue weighted by Crippen LogP contribution is 2.21. The smallest absolute Gasteiger partial charge is 0.261 e. The Hall–Kier alpha value is -1.86. The van der Waals surface area contributed by atoms with Crippen LogP contribution in [0.1, 0.15) is 15.9 Å². The molecule has 0 aliphatic rings. The molecule has 2 rings (SSSR count). The minimum Gasteiger partial charge on any atom is -0.389 e. The van der Waals surface area contributed by atoms with E-state index in [2.05, 4.69) is 21.2 Å². The lowest BCUT2D eigenvalue weighted by molar-refractivity contribution is 0.101. The number of amides is 1. The van der Waals surface area contributed by atoms with Gasteiger partial charge in [0.05, 0.1) is 0 Å². The molecule has 0 aromatic heterocycles. The van der Waals surface area contributed by atoms with Crippen LogP contribution in [0, 0.1) is 11.6 Å². The summed E-state index contributed by atoms with van der Waals surface area (Å²) in [6.07, 6.45) is 0. The van der Waals surface area contributed by atoms with Gasteiger partial charge in [0.2, 0.25) is 0 Å². The van der Waals surface area contributed by atoms with Crippen molar-refractivity contribution in [3.8, 4) is 0 Å². The van der Waals surface area contributed by atoms with Gasteiger partial charge < -0.3 is 11.1 Å². The normalized spacial score (nSPS) is 10.2. The third-order valence-corrected chi connectivity index (χ3v) is 3.35. The van der Waals surface area contributed by atoms with Crippen LogP contribution in [0.2, 0.25) is 0 Å². The number of anilines is 1. The number of carbonyl (C=O) groups excluding carboxylic acids is 1. The molecule has 21 heavy (non-hydrogen) atoms. The summed E-state index contributed by atoms with van der Waals surface area (Å²) in [5.74, 6) is -2.76. The molecule has 0 heterocycles. The first-order chi connectivity index (χ1) is 9.88. The summed E-state index contributed by atoms with van der Waals surface area (Å²) in [4.78, 5) is 12.1. The topological polar surface area (TPSA) is 55.1 Å². The predicted molar refractivity (Wildman–Crippen MR) is 84.3 cm³/mol. The van der Waals surface area contributed by atoms with Gasteiger partial charge in [-0.25, -0.2) is 8.78 Å². The van der Waals surface area contributed by atoms with Crippen LogP contribution in [0.4, 0.5) is 14.5 Å². The summed E-state index contributed by atoms with van der Waals surface area (Å²) in [6.45, 7) is 0. The average molecular weight is 371 g/mol. The highest BCUT2D eigenvalue weighted by molar-refractivity contribution is 9.10. The molecule has 2 aromatic carbocycles. The summed E-state index contributed by atoms with van der Waals surface area (Å²) < 4.78 is 27.6. The molecule has 0 aliphatic carbocycles. The highest BCUT2D eigenvalue weighted by atomic mass is 79.9. The Morgan fingerprint density at radius 2 is 1.67 bits per heavy atom. The lowest BCUT2D eigenvalue weighted by Crippen LogP contribution is -2.16. The van der Waals surface area contributed by atoms with Crippen molar-refractivity contribution in [2.24, 2.45) is 5.73 Å². The molecule has 2 aromatic rings. The van der Waals surface area contributed by atoms with E-state index in [-0.39, 0.29) is 9.46 Å². The zero-order chi connectivity index (χ0) is 15.6. The fourth-order valence-corrected chi connectivity index (χ4v) is 2.21.